The third-order valence-corrected chi connectivity index (χ3v) is 16.1. The number of likely N-dealkylation sites (tertiary alicyclic amines) is 1. The zero-order chi connectivity index (χ0) is 46.7. The van der Waals surface area contributed by atoms with Gasteiger partial charge in [0.05, 0.1) is 29.0 Å². The SMILES string of the molecule is CC(C)c1ccccc1C1CCCN1C1CC2(CCN(c3cc(Oc4cnc5[nH]ccc5c4)c(C(=O)NS(=O)(=O)c4cc([N+](=O)[O-])c(NCC5(F)CCOCC5)c5c4CCO5)cc3F)CC2)C1. The number of piperidine rings is 1. The molecule has 2 aromatic heterocycles. The molecule has 3 aromatic carbocycles. The number of amides is 1. The second kappa shape index (κ2) is 17.7. The fourth-order valence-electron chi connectivity index (χ4n) is 11.1. The minimum atomic E-state index is -4.86. The Balaban J connectivity index is 0.892. The maximum atomic E-state index is 16.5. The molecule has 4 aliphatic heterocycles. The molecule has 0 radical (unpaired) electrons. The fraction of sp³-hybridized carbons (Fsp3) is 0.469. The van der Waals surface area contributed by atoms with E-state index in [0.717, 1.165) is 50.8 Å². The van der Waals surface area contributed by atoms with Crippen LogP contribution in [0.4, 0.5) is 25.8 Å². The Bertz CT molecular complexity index is 2830. The summed E-state index contributed by atoms with van der Waals surface area (Å²) in [6, 6.07) is 16.5. The van der Waals surface area contributed by atoms with Crippen LogP contribution in [0, 0.1) is 21.3 Å². The van der Waals surface area contributed by atoms with Gasteiger partial charge in [-0.2, -0.15) is 0 Å². The van der Waals surface area contributed by atoms with E-state index < -0.39 is 48.5 Å². The highest BCUT2D eigenvalue weighted by Crippen LogP contribution is 2.55. The van der Waals surface area contributed by atoms with Crippen LogP contribution in [0.2, 0.25) is 0 Å². The Hall–Kier alpha value is -5.85. The number of anilines is 2. The second-order valence-electron chi connectivity index (χ2n) is 19.2. The van der Waals surface area contributed by atoms with E-state index >= 15 is 8.78 Å². The molecule has 1 aliphatic carbocycles. The number of benzene rings is 3. The summed E-state index contributed by atoms with van der Waals surface area (Å²) in [5.41, 5.74) is 0.946. The first kappa shape index (κ1) is 45.0. The van der Waals surface area contributed by atoms with Gasteiger partial charge in [0.15, 0.2) is 11.4 Å². The molecular formula is C49H55F2N7O8S. The molecule has 67 heavy (non-hydrogen) atoms. The number of carbonyl (C=O) groups excluding carboxylic acids is 1. The molecule has 10 rings (SSSR count). The normalized spacial score (nSPS) is 20.4. The predicted octanol–water partition coefficient (Wildman–Crippen LogP) is 9.10. The Morgan fingerprint density at radius 1 is 1.06 bits per heavy atom. The number of aromatic nitrogens is 2. The average molecular weight is 940 g/mol. The Morgan fingerprint density at radius 3 is 2.60 bits per heavy atom. The third kappa shape index (κ3) is 8.67. The number of carbonyl (C=O) groups is 1. The van der Waals surface area contributed by atoms with Crippen molar-refractivity contribution in [2.24, 2.45) is 5.41 Å². The Morgan fingerprint density at radius 2 is 1.84 bits per heavy atom. The van der Waals surface area contributed by atoms with Gasteiger partial charge in [-0.15, -0.1) is 0 Å². The highest BCUT2D eigenvalue weighted by molar-refractivity contribution is 7.90. The second-order valence-corrected chi connectivity index (χ2v) is 20.9. The molecule has 5 aliphatic rings. The number of aromatic amines is 1. The molecule has 1 saturated carbocycles. The summed E-state index contributed by atoms with van der Waals surface area (Å²) in [7, 11) is -4.86. The molecule has 1 spiro atoms. The van der Waals surface area contributed by atoms with Crippen LogP contribution in [-0.2, 0) is 21.2 Å². The smallest absolute Gasteiger partial charge is 0.297 e. The standard InChI is InChI=1S/C49H55F2N7O8S/c1-30(2)34-6-3-4-7-35(34)39-8-5-16-57(39)32-26-48(27-32)11-17-56(18-12-48)40-24-42(66-33-22-31-9-15-52-46(31)53-28-33)37(23-38(40)50)47(59)55-67(62,63)43-25-41(58(60)61)44(45-36(43)10-19-65-45)54-29-49(51)13-20-64-21-14-49/h3-4,6-7,9,15,22-25,28,30,32,39,54H,5,8,10-14,16-21,26-27,29H2,1-2H3,(H,52,53)(H,55,59). The van der Waals surface area contributed by atoms with Crippen LogP contribution >= 0.6 is 0 Å². The van der Waals surface area contributed by atoms with Crippen molar-refractivity contribution in [1.29, 1.82) is 0 Å². The number of H-pyrrole nitrogens is 1. The molecule has 1 atom stereocenters. The Kier molecular flexibility index (Phi) is 11.9. The molecule has 3 N–H and O–H groups in total. The van der Waals surface area contributed by atoms with Gasteiger partial charge < -0.3 is 29.4 Å². The number of halogens is 2. The lowest BCUT2D eigenvalue weighted by Gasteiger charge is -2.56. The zero-order valence-electron chi connectivity index (χ0n) is 37.6. The van der Waals surface area contributed by atoms with Crippen LogP contribution in [-0.4, -0.2) is 91.8 Å². The van der Waals surface area contributed by atoms with Crippen molar-refractivity contribution in [3.63, 3.8) is 0 Å². The van der Waals surface area contributed by atoms with E-state index in [1.54, 1.807) is 18.3 Å². The van der Waals surface area contributed by atoms with Gasteiger partial charge in [0.2, 0.25) is 0 Å². The summed E-state index contributed by atoms with van der Waals surface area (Å²) >= 11 is 0. The molecule has 6 heterocycles. The molecule has 15 nitrogen and oxygen atoms in total. The number of hydrogen-bond donors (Lipinski definition) is 3. The topological polar surface area (TPSA) is 181 Å². The number of pyridine rings is 1. The number of nitro benzene ring substituents is 1. The molecule has 18 heteroatoms. The van der Waals surface area contributed by atoms with Crippen LogP contribution in [0.1, 0.15) is 104 Å². The zero-order valence-corrected chi connectivity index (χ0v) is 38.4. The fourth-order valence-corrected chi connectivity index (χ4v) is 12.4. The van der Waals surface area contributed by atoms with Crippen molar-refractivity contribution in [3.8, 4) is 17.2 Å². The van der Waals surface area contributed by atoms with Crippen molar-refractivity contribution in [2.45, 2.75) is 100 Å². The summed E-state index contributed by atoms with van der Waals surface area (Å²) in [6.07, 6.45) is 9.59. The highest BCUT2D eigenvalue weighted by atomic mass is 32.2. The van der Waals surface area contributed by atoms with E-state index in [-0.39, 0.29) is 85.2 Å². The minimum absolute atomic E-state index is 0.00892. The first-order valence-electron chi connectivity index (χ1n) is 23.3. The van der Waals surface area contributed by atoms with Gasteiger partial charge in [0.1, 0.15) is 33.5 Å². The van der Waals surface area contributed by atoms with Crippen molar-refractivity contribution < 1.29 is 41.1 Å². The lowest BCUT2D eigenvalue weighted by Crippen LogP contribution is -2.55. The summed E-state index contributed by atoms with van der Waals surface area (Å²) in [5, 5.41) is 15.9. The molecule has 3 saturated heterocycles. The van der Waals surface area contributed by atoms with Gasteiger partial charge in [-0.1, -0.05) is 38.1 Å². The van der Waals surface area contributed by atoms with E-state index in [4.69, 9.17) is 14.2 Å². The lowest BCUT2D eigenvalue weighted by molar-refractivity contribution is -0.384. The van der Waals surface area contributed by atoms with Crippen LogP contribution in [0.5, 0.6) is 17.2 Å². The quantitative estimate of drug-likeness (QED) is 0.0754. The van der Waals surface area contributed by atoms with Crippen LogP contribution < -0.4 is 24.4 Å². The number of hydrogen-bond acceptors (Lipinski definition) is 12. The predicted molar refractivity (Wildman–Crippen MR) is 248 cm³/mol. The number of nitrogens with one attached hydrogen (secondary N) is 3. The monoisotopic (exact) mass is 939 g/mol. The van der Waals surface area contributed by atoms with Gasteiger partial charge in [-0.05, 0) is 85.7 Å². The molecule has 1 amide bonds. The number of sulfonamides is 1. The van der Waals surface area contributed by atoms with E-state index in [1.807, 2.05) is 9.62 Å². The van der Waals surface area contributed by atoms with Crippen LogP contribution in [0.3, 0.4) is 0 Å². The summed E-state index contributed by atoms with van der Waals surface area (Å²) in [6.45, 7) is 6.85. The third-order valence-electron chi connectivity index (χ3n) is 14.7. The van der Waals surface area contributed by atoms with Gasteiger partial charge >= 0.3 is 0 Å². The number of alkyl halides is 1. The first-order valence-corrected chi connectivity index (χ1v) is 24.8. The Labute approximate surface area is 387 Å². The van der Waals surface area contributed by atoms with E-state index in [2.05, 4.69) is 58.3 Å². The minimum Gasteiger partial charge on any atom is -0.490 e. The number of ether oxygens (including phenoxy) is 3. The molecule has 1 unspecified atom stereocenters. The maximum Gasteiger partial charge on any atom is 0.297 e. The number of fused-ring (bicyclic) bond motifs is 2. The number of rotatable bonds is 13. The highest BCUT2D eigenvalue weighted by Gasteiger charge is 2.50. The average Bonchev–Trinajstić information content (AvgIpc) is 4.10. The summed E-state index contributed by atoms with van der Waals surface area (Å²) in [4.78, 5) is 37.3. The number of nitrogens with zero attached hydrogens (tertiary/aromatic N) is 4. The molecule has 354 valence electrons. The van der Waals surface area contributed by atoms with Crippen molar-refractivity contribution >= 4 is 44.0 Å². The molecule has 4 fully saturated rings. The van der Waals surface area contributed by atoms with Gasteiger partial charge in [0.25, 0.3) is 21.6 Å². The van der Waals surface area contributed by atoms with E-state index in [1.165, 1.54) is 29.8 Å². The van der Waals surface area contributed by atoms with Gasteiger partial charge in [0, 0.05) is 93.5 Å². The van der Waals surface area contributed by atoms with Gasteiger partial charge in [-0.25, -0.2) is 26.9 Å². The molecule has 5 aromatic rings. The molecule has 0 bridgehead atoms. The van der Waals surface area contributed by atoms with Crippen molar-refractivity contribution in [3.05, 3.63) is 105 Å². The molecular weight excluding hydrogens is 885 g/mol. The van der Waals surface area contributed by atoms with Crippen molar-refractivity contribution in [1.82, 2.24) is 19.6 Å². The van der Waals surface area contributed by atoms with Gasteiger partial charge in [-0.3, -0.25) is 19.8 Å². The van der Waals surface area contributed by atoms with Crippen LogP contribution in [0.25, 0.3) is 11.0 Å². The van der Waals surface area contributed by atoms with E-state index in [9.17, 15) is 23.3 Å². The lowest BCUT2D eigenvalue weighted by atomic mass is 9.59. The van der Waals surface area contributed by atoms with Crippen LogP contribution in [0.15, 0.2) is 71.9 Å². The summed E-state index contributed by atoms with van der Waals surface area (Å²) in [5.74, 6) is -1.51. The van der Waals surface area contributed by atoms with E-state index in [0.29, 0.717) is 42.1 Å². The number of nitro groups is 1. The largest absolute Gasteiger partial charge is 0.490 e. The first-order chi connectivity index (χ1) is 32.2. The maximum absolute atomic E-state index is 16.5. The van der Waals surface area contributed by atoms with Crippen molar-refractivity contribution in [2.75, 3.05) is 56.2 Å². The summed E-state index contributed by atoms with van der Waals surface area (Å²) < 4.78 is 79.7.